The van der Waals surface area contributed by atoms with E-state index in [1.165, 1.54) is 13.1 Å². The van der Waals surface area contributed by atoms with Crippen LogP contribution >= 0.6 is 0 Å². The first-order valence-corrected chi connectivity index (χ1v) is 8.19. The molecule has 0 aliphatic heterocycles. The zero-order valence-corrected chi connectivity index (χ0v) is 14.4. The van der Waals surface area contributed by atoms with Gasteiger partial charge in [0, 0.05) is 35.1 Å². The van der Waals surface area contributed by atoms with Gasteiger partial charge in [-0.2, -0.15) is 0 Å². The second kappa shape index (κ2) is 5.99. The monoisotopic (exact) mass is 335 g/mol. The number of furan rings is 1. The summed E-state index contributed by atoms with van der Waals surface area (Å²) in [6.07, 6.45) is 1.52. The van der Waals surface area contributed by atoms with Crippen molar-refractivity contribution in [3.8, 4) is 11.3 Å². The molecular formula is C22H22N2O. The van der Waals surface area contributed by atoms with Crippen LogP contribution in [0.15, 0.2) is 53.1 Å². The molecule has 1 unspecified atom stereocenters. The van der Waals surface area contributed by atoms with Crippen molar-refractivity contribution in [2.45, 2.75) is 39.4 Å². The standard InChI is InChI=1S/C22H22N2O/c1-13(2)15-10-11-23-20(12-15)18-7-5-6-16-17-8-9-19(14(3)4)24-22(17)25-21(16)18/h5-14H,1-4H3/i1D3,13D,14D. The second-order valence-electron chi connectivity index (χ2n) is 6.39. The Balaban J connectivity index is 1.91. The molecule has 0 amide bonds. The lowest BCUT2D eigenvalue weighted by atomic mass is 10.0. The van der Waals surface area contributed by atoms with Crippen molar-refractivity contribution in [2.75, 3.05) is 0 Å². The van der Waals surface area contributed by atoms with Gasteiger partial charge in [0.1, 0.15) is 5.58 Å². The van der Waals surface area contributed by atoms with Crippen LogP contribution in [-0.2, 0) is 0 Å². The third-order valence-electron chi connectivity index (χ3n) is 4.35. The molecule has 0 spiro atoms. The molecule has 0 aliphatic carbocycles. The van der Waals surface area contributed by atoms with Gasteiger partial charge in [0.05, 0.1) is 5.69 Å². The number of para-hydroxylation sites is 1. The maximum absolute atomic E-state index is 8.37. The predicted molar refractivity (Wildman–Crippen MR) is 103 cm³/mol. The minimum Gasteiger partial charge on any atom is -0.437 e. The van der Waals surface area contributed by atoms with Gasteiger partial charge < -0.3 is 4.42 Å². The van der Waals surface area contributed by atoms with Crippen LogP contribution in [0.5, 0.6) is 0 Å². The summed E-state index contributed by atoms with van der Waals surface area (Å²) in [4.78, 5) is 8.93. The Labute approximate surface area is 154 Å². The molecule has 0 N–H and O–H groups in total. The summed E-state index contributed by atoms with van der Waals surface area (Å²) in [7, 11) is 0. The summed E-state index contributed by atoms with van der Waals surface area (Å²) >= 11 is 0. The van der Waals surface area contributed by atoms with Crippen molar-refractivity contribution in [3.63, 3.8) is 0 Å². The maximum Gasteiger partial charge on any atom is 0.227 e. The van der Waals surface area contributed by atoms with Gasteiger partial charge in [-0.3, -0.25) is 4.98 Å². The Morgan fingerprint density at radius 3 is 2.72 bits per heavy atom. The van der Waals surface area contributed by atoms with Crippen LogP contribution in [-0.4, -0.2) is 9.97 Å². The third kappa shape index (κ3) is 2.70. The number of fused-ring (bicyclic) bond motifs is 3. The fraction of sp³-hybridized carbons (Fsp3) is 0.273. The van der Waals surface area contributed by atoms with Gasteiger partial charge in [-0.15, -0.1) is 0 Å². The lowest BCUT2D eigenvalue weighted by Gasteiger charge is -2.07. The molecule has 0 radical (unpaired) electrons. The van der Waals surface area contributed by atoms with Gasteiger partial charge in [-0.05, 0) is 47.7 Å². The Morgan fingerprint density at radius 1 is 1.04 bits per heavy atom. The van der Waals surface area contributed by atoms with Crippen molar-refractivity contribution < 1.29 is 11.3 Å². The molecule has 1 aromatic carbocycles. The highest BCUT2D eigenvalue weighted by Gasteiger charge is 2.15. The number of hydrogen-bond acceptors (Lipinski definition) is 3. The highest BCUT2D eigenvalue weighted by Crippen LogP contribution is 2.35. The maximum atomic E-state index is 8.37. The average Bonchev–Trinajstić information content (AvgIpc) is 3.04. The SMILES string of the molecule is [2H]C(C)(C)c1ccc2c(n1)oc1c(-c3cc(C([2H])(C)C([2H])([2H])[2H])ccn3)cccc12. The van der Waals surface area contributed by atoms with E-state index in [4.69, 9.17) is 11.3 Å². The molecule has 126 valence electrons. The van der Waals surface area contributed by atoms with E-state index in [0.717, 1.165) is 10.8 Å². The van der Waals surface area contributed by atoms with Crippen LogP contribution in [0.3, 0.4) is 0 Å². The van der Waals surface area contributed by atoms with Crippen LogP contribution < -0.4 is 0 Å². The van der Waals surface area contributed by atoms with Gasteiger partial charge in [0.2, 0.25) is 5.71 Å². The summed E-state index contributed by atoms with van der Waals surface area (Å²) in [5.41, 5.74) is 3.22. The van der Waals surface area contributed by atoms with Crippen LogP contribution in [0.4, 0.5) is 0 Å². The molecule has 25 heavy (non-hydrogen) atoms. The van der Waals surface area contributed by atoms with E-state index in [1.54, 1.807) is 26.0 Å². The summed E-state index contributed by atoms with van der Waals surface area (Å²) in [5, 5.41) is 1.70. The van der Waals surface area contributed by atoms with Crippen molar-refractivity contribution in [1.29, 1.82) is 0 Å². The van der Waals surface area contributed by atoms with Crippen LogP contribution in [0.25, 0.3) is 33.3 Å². The lowest BCUT2D eigenvalue weighted by molar-refractivity contribution is 0.648. The molecule has 4 rings (SSSR count). The zero-order valence-electron chi connectivity index (χ0n) is 19.4. The highest BCUT2D eigenvalue weighted by atomic mass is 16.3. The number of rotatable bonds is 3. The fourth-order valence-corrected chi connectivity index (χ4v) is 2.97. The number of pyridine rings is 2. The third-order valence-corrected chi connectivity index (χ3v) is 4.35. The summed E-state index contributed by atoms with van der Waals surface area (Å²) in [6, 6.07) is 12.6. The van der Waals surface area contributed by atoms with E-state index in [-0.39, 0.29) is 0 Å². The van der Waals surface area contributed by atoms with E-state index in [0.29, 0.717) is 33.8 Å². The smallest absolute Gasteiger partial charge is 0.227 e. The Morgan fingerprint density at radius 2 is 1.92 bits per heavy atom. The van der Waals surface area contributed by atoms with Crippen molar-refractivity contribution in [3.05, 3.63) is 59.9 Å². The summed E-state index contributed by atoms with van der Waals surface area (Å²) in [5.74, 6) is -2.61. The first-order chi connectivity index (χ1) is 13.9. The van der Waals surface area contributed by atoms with E-state index in [1.807, 2.05) is 30.3 Å². The molecule has 1 atom stereocenters. The molecule has 3 aromatic heterocycles. The van der Waals surface area contributed by atoms with Gasteiger partial charge in [-0.1, -0.05) is 39.8 Å². The molecule has 0 aliphatic rings. The first-order valence-electron chi connectivity index (χ1n) is 10.7. The molecule has 3 nitrogen and oxygen atoms in total. The summed E-state index contributed by atoms with van der Waals surface area (Å²) < 4.78 is 45.8. The molecule has 0 saturated carbocycles. The number of hydrogen-bond donors (Lipinski definition) is 0. The van der Waals surface area contributed by atoms with Gasteiger partial charge >= 0.3 is 0 Å². The summed E-state index contributed by atoms with van der Waals surface area (Å²) in [6.45, 7) is 2.45. The van der Waals surface area contributed by atoms with Crippen molar-refractivity contribution in [1.82, 2.24) is 9.97 Å². The van der Waals surface area contributed by atoms with Gasteiger partial charge in [-0.25, -0.2) is 4.98 Å². The average molecular weight is 335 g/mol. The van der Waals surface area contributed by atoms with Crippen LogP contribution in [0.1, 0.15) is 57.5 Å². The van der Waals surface area contributed by atoms with E-state index < -0.39 is 18.6 Å². The molecule has 0 fully saturated rings. The number of benzene rings is 1. The topological polar surface area (TPSA) is 38.9 Å². The molecule has 3 heterocycles. The number of aromatic nitrogens is 2. The molecular weight excluding hydrogens is 308 g/mol. The first kappa shape index (κ1) is 11.0. The van der Waals surface area contributed by atoms with Crippen molar-refractivity contribution >= 4 is 22.1 Å². The molecule has 0 bridgehead atoms. The number of nitrogens with zero attached hydrogens (tertiary/aromatic N) is 2. The van der Waals surface area contributed by atoms with E-state index >= 15 is 0 Å². The largest absolute Gasteiger partial charge is 0.437 e. The quantitative estimate of drug-likeness (QED) is 0.441. The zero-order chi connectivity index (χ0) is 21.9. The molecule has 0 saturated heterocycles. The molecule has 3 heteroatoms. The fourth-order valence-electron chi connectivity index (χ4n) is 2.97. The minimum atomic E-state index is -2.47. The minimum absolute atomic E-state index is 0.358. The second-order valence-corrected chi connectivity index (χ2v) is 6.39. The lowest BCUT2D eigenvalue weighted by Crippen LogP contribution is -1.90. The Bertz CT molecular complexity index is 1250. The molecule has 4 aromatic rings. The van der Waals surface area contributed by atoms with Gasteiger partial charge in [0.25, 0.3) is 0 Å². The van der Waals surface area contributed by atoms with E-state index in [2.05, 4.69) is 9.97 Å². The van der Waals surface area contributed by atoms with Crippen LogP contribution in [0.2, 0.25) is 0 Å². The van der Waals surface area contributed by atoms with Crippen molar-refractivity contribution in [2.24, 2.45) is 0 Å². The van der Waals surface area contributed by atoms with Gasteiger partial charge in [0.15, 0.2) is 0 Å². The van der Waals surface area contributed by atoms with Crippen LogP contribution in [0, 0.1) is 0 Å². The predicted octanol–water partition coefficient (Wildman–Crippen LogP) is 6.29. The Kier molecular flexibility index (Phi) is 2.65. The Hall–Kier alpha value is -2.68. The normalized spacial score (nSPS) is 18.1. The van der Waals surface area contributed by atoms with E-state index in [9.17, 15) is 0 Å². The highest BCUT2D eigenvalue weighted by molar-refractivity contribution is 6.08.